The molecule has 0 unspecified atom stereocenters. The van der Waals surface area contributed by atoms with Gasteiger partial charge in [0.2, 0.25) is 0 Å². The van der Waals surface area contributed by atoms with E-state index in [-0.39, 0.29) is 12.4 Å². The highest BCUT2D eigenvalue weighted by Crippen LogP contribution is 2.22. The summed E-state index contributed by atoms with van der Waals surface area (Å²) in [6, 6.07) is 17.9. The quantitative estimate of drug-likeness (QED) is 0.264. The Kier molecular flexibility index (Phi) is 14.0. The van der Waals surface area contributed by atoms with Crippen LogP contribution in [0, 0.1) is 11.3 Å². The lowest BCUT2D eigenvalue weighted by molar-refractivity contribution is 0.223. The van der Waals surface area contributed by atoms with Crippen molar-refractivity contribution >= 4 is 24.1 Å². The summed E-state index contributed by atoms with van der Waals surface area (Å²) in [6.45, 7) is 15.9. The molecule has 6 heteroatoms. The van der Waals surface area contributed by atoms with Crippen molar-refractivity contribution in [3.63, 3.8) is 0 Å². The topological polar surface area (TPSA) is 48.7 Å². The van der Waals surface area contributed by atoms with Crippen molar-refractivity contribution < 1.29 is 9.47 Å². The van der Waals surface area contributed by atoms with E-state index in [0.717, 1.165) is 61.9 Å². The number of nitriles is 1. The predicted octanol–water partition coefficient (Wildman–Crippen LogP) is 5.61. The highest BCUT2D eigenvalue weighted by Gasteiger charge is 2.04. The third-order valence-electron chi connectivity index (χ3n) is 5.62. The average molecular weight is 472 g/mol. The van der Waals surface area contributed by atoms with E-state index < -0.39 is 0 Å². The van der Waals surface area contributed by atoms with Gasteiger partial charge >= 0.3 is 0 Å². The van der Waals surface area contributed by atoms with Crippen molar-refractivity contribution in [2.75, 3.05) is 52.5 Å². The Labute approximate surface area is 206 Å². The lowest BCUT2D eigenvalue weighted by Crippen LogP contribution is -2.27. The average Bonchev–Trinajstić information content (AvgIpc) is 2.84. The van der Waals surface area contributed by atoms with Crippen LogP contribution in [0.2, 0.25) is 0 Å². The fourth-order valence-corrected chi connectivity index (χ4v) is 3.40. The number of allylic oxidation sites excluding steroid dienone is 1. The molecule has 0 aromatic heterocycles. The van der Waals surface area contributed by atoms with Crippen LogP contribution in [-0.2, 0) is 0 Å². The summed E-state index contributed by atoms with van der Waals surface area (Å²) < 4.78 is 11.7. The molecule has 2 rings (SSSR count). The summed E-state index contributed by atoms with van der Waals surface area (Å²) in [4.78, 5) is 4.66. The van der Waals surface area contributed by atoms with Gasteiger partial charge in [0.15, 0.2) is 0 Å². The van der Waals surface area contributed by atoms with Gasteiger partial charge < -0.3 is 19.3 Å². The third-order valence-corrected chi connectivity index (χ3v) is 5.62. The van der Waals surface area contributed by atoms with Gasteiger partial charge in [-0.3, -0.25) is 0 Å². The lowest BCUT2D eigenvalue weighted by atomic mass is 10.0. The molecule has 0 atom stereocenters. The number of benzene rings is 2. The van der Waals surface area contributed by atoms with Crippen LogP contribution in [0.15, 0.2) is 48.5 Å². The van der Waals surface area contributed by atoms with Gasteiger partial charge in [0.1, 0.15) is 24.7 Å². The van der Waals surface area contributed by atoms with Crippen molar-refractivity contribution in [2.45, 2.75) is 27.7 Å². The number of halogens is 1. The number of hydrogen-bond donors (Lipinski definition) is 0. The molecule has 2 aromatic carbocycles. The van der Waals surface area contributed by atoms with Gasteiger partial charge in [-0.25, -0.2) is 0 Å². The van der Waals surface area contributed by atoms with E-state index in [1.54, 1.807) is 0 Å². The monoisotopic (exact) mass is 471 g/mol. The first-order chi connectivity index (χ1) is 15.6. The van der Waals surface area contributed by atoms with Gasteiger partial charge in [-0.15, -0.1) is 12.4 Å². The zero-order chi connectivity index (χ0) is 23.2. The predicted molar refractivity (Wildman–Crippen MR) is 140 cm³/mol. The number of likely N-dealkylation sites (N-methyl/N-ethyl adjacent to an activating group) is 2. The first-order valence-electron chi connectivity index (χ1n) is 11.7. The van der Waals surface area contributed by atoms with Crippen LogP contribution >= 0.6 is 12.4 Å². The second-order valence-corrected chi connectivity index (χ2v) is 7.51. The standard InChI is InChI=1S/C27H37N3O2.ClH/c1-5-29(6-2)17-19-31-26-13-9-23(10-14-26)21-25(22-28)24-11-15-27(16-12-24)32-20-18-30(7-3)8-4;/h9-16,21H,5-8,17-20H2,1-4H3;1H/b25-21+;. The van der Waals surface area contributed by atoms with Gasteiger partial charge in [-0.05, 0) is 79.8 Å². The summed E-state index contributed by atoms with van der Waals surface area (Å²) in [5.41, 5.74) is 2.47. The Bertz CT molecular complexity index is 852. The molecule has 0 N–H and O–H groups in total. The van der Waals surface area contributed by atoms with E-state index in [9.17, 15) is 5.26 Å². The minimum absolute atomic E-state index is 0. The van der Waals surface area contributed by atoms with Crippen molar-refractivity contribution in [3.05, 3.63) is 59.7 Å². The molecule has 0 spiro atoms. The second kappa shape index (κ2) is 16.1. The zero-order valence-corrected chi connectivity index (χ0v) is 21.2. The van der Waals surface area contributed by atoms with Crippen molar-refractivity contribution in [2.24, 2.45) is 0 Å². The number of ether oxygens (including phenoxy) is 2. The summed E-state index contributed by atoms with van der Waals surface area (Å²) in [6.07, 6.45) is 1.90. The zero-order valence-electron chi connectivity index (χ0n) is 20.4. The van der Waals surface area contributed by atoms with Gasteiger partial charge in [-0.2, -0.15) is 5.26 Å². The Morgan fingerprint density at radius 2 is 1.18 bits per heavy atom. The van der Waals surface area contributed by atoms with E-state index in [1.165, 1.54) is 0 Å². The smallest absolute Gasteiger partial charge is 0.119 e. The maximum absolute atomic E-state index is 9.65. The fourth-order valence-electron chi connectivity index (χ4n) is 3.40. The molecule has 0 aliphatic carbocycles. The molecule has 0 radical (unpaired) electrons. The van der Waals surface area contributed by atoms with Gasteiger partial charge in [0.05, 0.1) is 11.6 Å². The molecule has 0 aliphatic heterocycles. The molecule has 2 aromatic rings. The molecular formula is C27H38ClN3O2. The van der Waals surface area contributed by atoms with Crippen molar-refractivity contribution in [3.8, 4) is 17.6 Å². The molecule has 180 valence electrons. The molecule has 0 amide bonds. The number of nitrogens with zero attached hydrogens (tertiary/aromatic N) is 3. The molecule has 0 saturated heterocycles. The summed E-state index contributed by atoms with van der Waals surface area (Å²) in [7, 11) is 0. The lowest BCUT2D eigenvalue weighted by Gasteiger charge is -2.18. The minimum Gasteiger partial charge on any atom is -0.492 e. The normalized spacial score (nSPS) is 11.2. The highest BCUT2D eigenvalue weighted by molar-refractivity contribution is 5.89. The Morgan fingerprint density at radius 3 is 1.58 bits per heavy atom. The van der Waals surface area contributed by atoms with Gasteiger partial charge in [0, 0.05) is 13.1 Å². The van der Waals surface area contributed by atoms with Crippen molar-refractivity contribution in [1.29, 1.82) is 5.26 Å². The number of hydrogen-bond acceptors (Lipinski definition) is 5. The summed E-state index contributed by atoms with van der Waals surface area (Å²) in [5.74, 6) is 1.67. The molecule has 0 heterocycles. The second-order valence-electron chi connectivity index (χ2n) is 7.51. The summed E-state index contributed by atoms with van der Waals surface area (Å²) >= 11 is 0. The molecule has 0 bridgehead atoms. The summed E-state index contributed by atoms with van der Waals surface area (Å²) in [5, 5.41) is 9.65. The van der Waals surface area contributed by atoms with E-state index >= 15 is 0 Å². The van der Waals surface area contributed by atoms with E-state index in [2.05, 4.69) is 43.6 Å². The van der Waals surface area contributed by atoms with E-state index in [0.29, 0.717) is 18.8 Å². The van der Waals surface area contributed by atoms with Gasteiger partial charge in [0.25, 0.3) is 0 Å². The van der Waals surface area contributed by atoms with Gasteiger partial charge in [-0.1, -0.05) is 39.8 Å². The van der Waals surface area contributed by atoms with Crippen molar-refractivity contribution in [1.82, 2.24) is 9.80 Å². The minimum atomic E-state index is 0. The maximum Gasteiger partial charge on any atom is 0.119 e. The molecule has 0 fully saturated rings. The van der Waals surface area contributed by atoms with Crippen LogP contribution in [-0.4, -0.2) is 62.3 Å². The largest absolute Gasteiger partial charge is 0.492 e. The number of rotatable bonds is 14. The molecular weight excluding hydrogens is 434 g/mol. The van der Waals surface area contributed by atoms with Crippen LogP contribution in [0.1, 0.15) is 38.8 Å². The van der Waals surface area contributed by atoms with E-state index in [4.69, 9.17) is 9.47 Å². The Hall–Kier alpha value is -2.52. The SMILES string of the molecule is CCN(CC)CCOc1ccc(/C=C(\C#N)c2ccc(OCCN(CC)CC)cc2)cc1.Cl. The Balaban J connectivity index is 0.00000544. The van der Waals surface area contributed by atoms with Crippen LogP contribution in [0.25, 0.3) is 11.6 Å². The first kappa shape index (κ1) is 28.5. The molecule has 5 nitrogen and oxygen atoms in total. The molecule has 0 saturated carbocycles. The fraction of sp³-hybridized carbons (Fsp3) is 0.444. The van der Waals surface area contributed by atoms with E-state index in [1.807, 2.05) is 54.6 Å². The van der Waals surface area contributed by atoms with Crippen LogP contribution in [0.4, 0.5) is 0 Å². The third kappa shape index (κ3) is 9.88. The Morgan fingerprint density at radius 1 is 0.758 bits per heavy atom. The van der Waals surface area contributed by atoms with Crippen LogP contribution < -0.4 is 9.47 Å². The maximum atomic E-state index is 9.65. The highest BCUT2D eigenvalue weighted by atomic mass is 35.5. The van der Waals surface area contributed by atoms with Crippen LogP contribution in [0.3, 0.4) is 0 Å². The molecule has 0 aliphatic rings. The molecule has 33 heavy (non-hydrogen) atoms. The van der Waals surface area contributed by atoms with Crippen LogP contribution in [0.5, 0.6) is 11.5 Å². The first-order valence-corrected chi connectivity index (χ1v) is 11.7.